The quantitative estimate of drug-likeness (QED) is 0.704. The fourth-order valence-electron chi connectivity index (χ4n) is 2.32. The Hall–Kier alpha value is -3.24. The summed E-state index contributed by atoms with van der Waals surface area (Å²) in [6.07, 6.45) is 0. The minimum Gasteiger partial charge on any atom is -0.332 e. The monoisotopic (exact) mass is 336 g/mol. The van der Waals surface area contributed by atoms with Crippen LogP contribution in [0.3, 0.4) is 0 Å². The molecule has 0 saturated carbocycles. The van der Waals surface area contributed by atoms with Crippen molar-refractivity contribution in [3.8, 4) is 6.07 Å². The summed E-state index contributed by atoms with van der Waals surface area (Å²) in [6, 6.07) is 13.4. The van der Waals surface area contributed by atoms with Crippen LogP contribution in [0.4, 0.5) is 5.69 Å². The number of carbonyl (C=O) groups excluding carboxylic acids is 1. The van der Waals surface area contributed by atoms with Crippen molar-refractivity contribution in [2.75, 3.05) is 5.32 Å². The predicted molar refractivity (Wildman–Crippen MR) is 93.5 cm³/mol. The molecule has 24 heavy (non-hydrogen) atoms. The molecular weight excluding hydrogens is 324 g/mol. The van der Waals surface area contributed by atoms with Crippen LogP contribution in [-0.2, 0) is 7.05 Å². The topological polar surface area (TPSA) is 90.7 Å². The van der Waals surface area contributed by atoms with E-state index < -0.39 is 0 Å². The van der Waals surface area contributed by atoms with E-state index in [1.54, 1.807) is 49.5 Å². The maximum absolute atomic E-state index is 12.4. The van der Waals surface area contributed by atoms with E-state index >= 15 is 0 Å². The summed E-state index contributed by atoms with van der Waals surface area (Å²) in [5.74, 6) is -0.341. The van der Waals surface area contributed by atoms with Gasteiger partial charge in [0.25, 0.3) is 11.5 Å². The average Bonchev–Trinajstić information content (AvgIpc) is 2.59. The van der Waals surface area contributed by atoms with Crippen molar-refractivity contribution in [3.63, 3.8) is 0 Å². The summed E-state index contributed by atoms with van der Waals surface area (Å²) in [5, 5.41) is 12.1. The van der Waals surface area contributed by atoms with Gasteiger partial charge >= 0.3 is 0 Å². The van der Waals surface area contributed by atoms with Crippen molar-refractivity contribution >= 4 is 34.7 Å². The minimum atomic E-state index is -0.341. The van der Waals surface area contributed by atoms with Gasteiger partial charge in [-0.2, -0.15) is 5.26 Å². The fourth-order valence-corrected chi connectivity index (χ4v) is 2.51. The van der Waals surface area contributed by atoms with E-state index in [2.05, 4.69) is 10.3 Å². The summed E-state index contributed by atoms with van der Waals surface area (Å²) in [7, 11) is 1.59. The highest BCUT2D eigenvalue weighted by atomic mass is 32.1. The number of carbonyl (C=O) groups is 1. The maximum Gasteiger partial charge on any atom is 0.261 e. The summed E-state index contributed by atoms with van der Waals surface area (Å²) in [4.78, 5) is 27.4. The number of hydrogen-bond acceptors (Lipinski definition) is 4. The highest BCUT2D eigenvalue weighted by Gasteiger charge is 2.10. The zero-order valence-electron chi connectivity index (χ0n) is 12.7. The van der Waals surface area contributed by atoms with Crippen LogP contribution in [0.2, 0.25) is 0 Å². The number of anilines is 1. The van der Waals surface area contributed by atoms with Crippen LogP contribution >= 0.6 is 12.2 Å². The van der Waals surface area contributed by atoms with Crippen molar-refractivity contribution in [2.45, 2.75) is 0 Å². The Morgan fingerprint density at radius 2 is 2.08 bits per heavy atom. The van der Waals surface area contributed by atoms with Crippen LogP contribution < -0.4 is 10.9 Å². The smallest absolute Gasteiger partial charge is 0.261 e. The zero-order valence-corrected chi connectivity index (χ0v) is 13.5. The van der Waals surface area contributed by atoms with Gasteiger partial charge in [0.2, 0.25) is 0 Å². The third kappa shape index (κ3) is 2.83. The molecule has 1 heterocycles. The number of nitriles is 1. The lowest BCUT2D eigenvalue weighted by Gasteiger charge is -2.07. The van der Waals surface area contributed by atoms with Crippen molar-refractivity contribution in [2.24, 2.45) is 7.05 Å². The van der Waals surface area contributed by atoms with Crippen LogP contribution in [-0.4, -0.2) is 15.5 Å². The molecule has 2 aromatic carbocycles. The molecule has 0 fully saturated rings. The molecular formula is C17H12N4O2S. The van der Waals surface area contributed by atoms with Gasteiger partial charge in [-0.1, -0.05) is 6.07 Å². The molecule has 0 radical (unpaired) electrons. The molecule has 0 aliphatic heterocycles. The Labute approximate surface area is 142 Å². The van der Waals surface area contributed by atoms with Crippen LogP contribution in [0.5, 0.6) is 0 Å². The first-order valence-corrected chi connectivity index (χ1v) is 7.45. The first kappa shape index (κ1) is 15.6. The standard InChI is InChI=1S/C17H12N4O2S/c1-21-16(23)13-6-5-11(8-14(13)20-17(21)24)15(22)19-12-4-2-3-10(7-12)9-18/h2-8H,1H3,(H,19,22)(H,20,24). The second-order valence-corrected chi connectivity index (χ2v) is 5.59. The van der Waals surface area contributed by atoms with E-state index in [0.29, 0.717) is 27.7 Å². The van der Waals surface area contributed by atoms with Crippen LogP contribution in [0.1, 0.15) is 15.9 Å². The first-order valence-electron chi connectivity index (χ1n) is 7.04. The lowest BCUT2D eigenvalue weighted by Crippen LogP contribution is -2.19. The molecule has 6 nitrogen and oxygen atoms in total. The zero-order chi connectivity index (χ0) is 17.3. The van der Waals surface area contributed by atoms with Crippen molar-refractivity contribution in [3.05, 3.63) is 68.7 Å². The van der Waals surface area contributed by atoms with Gasteiger partial charge in [-0.15, -0.1) is 0 Å². The van der Waals surface area contributed by atoms with E-state index in [0.717, 1.165) is 0 Å². The molecule has 0 atom stereocenters. The van der Waals surface area contributed by atoms with Gasteiger partial charge in [-0.05, 0) is 48.6 Å². The molecule has 3 aromatic rings. The van der Waals surface area contributed by atoms with E-state index in [1.807, 2.05) is 6.07 Å². The Bertz CT molecular complexity index is 1120. The Balaban J connectivity index is 1.99. The number of rotatable bonds is 2. The molecule has 0 saturated heterocycles. The number of nitrogens with one attached hydrogen (secondary N) is 2. The van der Waals surface area contributed by atoms with Gasteiger partial charge in [-0.25, -0.2) is 0 Å². The summed E-state index contributed by atoms with van der Waals surface area (Å²) < 4.78 is 1.62. The second-order valence-electron chi connectivity index (χ2n) is 5.20. The van der Waals surface area contributed by atoms with Gasteiger partial charge in [0.1, 0.15) is 0 Å². The van der Waals surface area contributed by atoms with Gasteiger partial charge < -0.3 is 10.3 Å². The van der Waals surface area contributed by atoms with E-state index in [-0.39, 0.29) is 16.2 Å². The van der Waals surface area contributed by atoms with Crippen LogP contribution in [0.15, 0.2) is 47.3 Å². The third-order valence-electron chi connectivity index (χ3n) is 3.61. The third-order valence-corrected chi connectivity index (χ3v) is 3.99. The van der Waals surface area contributed by atoms with Crippen LogP contribution in [0, 0.1) is 16.1 Å². The molecule has 118 valence electrons. The van der Waals surface area contributed by atoms with Gasteiger partial charge in [0.05, 0.1) is 22.5 Å². The van der Waals surface area contributed by atoms with E-state index in [1.165, 1.54) is 4.57 Å². The number of aromatic amines is 1. The van der Waals surface area contributed by atoms with Crippen molar-refractivity contribution < 1.29 is 4.79 Å². The number of nitrogens with zero attached hydrogens (tertiary/aromatic N) is 2. The molecule has 1 aromatic heterocycles. The SMILES string of the molecule is Cn1c(=S)[nH]c2cc(C(=O)Nc3cccc(C#N)c3)ccc2c1=O. The van der Waals surface area contributed by atoms with Crippen LogP contribution in [0.25, 0.3) is 10.9 Å². The molecule has 0 aliphatic carbocycles. The highest BCUT2D eigenvalue weighted by Crippen LogP contribution is 2.14. The normalized spacial score (nSPS) is 10.3. The number of benzene rings is 2. The molecule has 0 bridgehead atoms. The molecule has 2 N–H and O–H groups in total. The van der Waals surface area contributed by atoms with Crippen molar-refractivity contribution in [1.29, 1.82) is 5.26 Å². The molecule has 0 aliphatic rings. The van der Waals surface area contributed by atoms with Gasteiger partial charge in [0, 0.05) is 18.3 Å². The summed E-state index contributed by atoms with van der Waals surface area (Å²) in [6.45, 7) is 0. The minimum absolute atomic E-state index is 0.220. The maximum atomic E-state index is 12.4. The van der Waals surface area contributed by atoms with E-state index in [9.17, 15) is 9.59 Å². The first-order chi connectivity index (χ1) is 11.5. The number of aromatic nitrogens is 2. The summed E-state index contributed by atoms with van der Waals surface area (Å²) in [5.41, 5.74) is 1.64. The number of H-pyrrole nitrogens is 1. The van der Waals surface area contributed by atoms with Gasteiger partial charge in [0.15, 0.2) is 4.77 Å². The fraction of sp³-hybridized carbons (Fsp3) is 0.0588. The molecule has 0 unspecified atom stereocenters. The number of amides is 1. The molecule has 7 heteroatoms. The Morgan fingerprint density at radius 1 is 1.29 bits per heavy atom. The predicted octanol–water partition coefficient (Wildman–Crippen LogP) is 2.72. The number of hydrogen-bond donors (Lipinski definition) is 2. The average molecular weight is 336 g/mol. The highest BCUT2D eigenvalue weighted by molar-refractivity contribution is 7.71. The second kappa shape index (κ2) is 6.10. The Kier molecular flexibility index (Phi) is 3.98. The Morgan fingerprint density at radius 3 is 2.83 bits per heavy atom. The lowest BCUT2D eigenvalue weighted by molar-refractivity contribution is 0.102. The lowest BCUT2D eigenvalue weighted by atomic mass is 10.1. The molecule has 1 amide bonds. The molecule has 3 rings (SSSR count). The summed E-state index contributed by atoms with van der Waals surface area (Å²) >= 11 is 5.09. The van der Waals surface area contributed by atoms with Crippen molar-refractivity contribution in [1.82, 2.24) is 9.55 Å². The molecule has 0 spiro atoms. The number of fused-ring (bicyclic) bond motifs is 1. The van der Waals surface area contributed by atoms with Gasteiger partial charge in [-0.3, -0.25) is 14.2 Å². The van der Waals surface area contributed by atoms with E-state index in [4.69, 9.17) is 17.5 Å². The largest absolute Gasteiger partial charge is 0.332 e.